The highest BCUT2D eigenvalue weighted by Crippen LogP contribution is 2.45. The summed E-state index contributed by atoms with van der Waals surface area (Å²) in [6.07, 6.45) is 5.56. The molecule has 1 unspecified atom stereocenters. The second kappa shape index (κ2) is 6.97. The van der Waals surface area contributed by atoms with Crippen LogP contribution in [-0.2, 0) is 0 Å². The lowest BCUT2D eigenvalue weighted by Gasteiger charge is -2.30. The third-order valence-corrected chi connectivity index (χ3v) is 6.56. The van der Waals surface area contributed by atoms with E-state index in [1.54, 1.807) is 6.21 Å². The second-order valence-corrected chi connectivity index (χ2v) is 8.73. The highest BCUT2D eigenvalue weighted by molar-refractivity contribution is 7.73. The van der Waals surface area contributed by atoms with Crippen LogP contribution in [0.1, 0.15) is 16.5 Å². The number of guanidine groups is 1. The van der Waals surface area contributed by atoms with Gasteiger partial charge < -0.3 is 0 Å². The van der Waals surface area contributed by atoms with Crippen molar-refractivity contribution in [3.05, 3.63) is 85.2 Å². The predicted molar refractivity (Wildman–Crippen MR) is 120 cm³/mol. The van der Waals surface area contributed by atoms with Crippen molar-refractivity contribution in [2.45, 2.75) is 6.04 Å². The van der Waals surface area contributed by atoms with E-state index in [0.717, 1.165) is 25.9 Å². The van der Waals surface area contributed by atoms with E-state index in [-0.39, 0.29) is 6.04 Å². The topological polar surface area (TPSA) is 32.9 Å². The first-order chi connectivity index (χ1) is 13.6. The van der Waals surface area contributed by atoms with Gasteiger partial charge in [0.1, 0.15) is 11.9 Å². The number of fused-ring (bicyclic) bond motifs is 3. The number of hydrogen-bond donors (Lipinski definition) is 0. The summed E-state index contributed by atoms with van der Waals surface area (Å²) in [5, 5.41) is 1.35. The maximum absolute atomic E-state index is 6.50. The molecule has 5 rings (SSSR count). The zero-order valence-corrected chi connectivity index (χ0v) is 17.4. The Morgan fingerprint density at radius 3 is 2.61 bits per heavy atom. The van der Waals surface area contributed by atoms with Gasteiger partial charge in [0, 0.05) is 33.7 Å². The maximum atomic E-state index is 6.50. The molecule has 0 aliphatic carbocycles. The van der Waals surface area contributed by atoms with E-state index in [1.807, 2.05) is 70.3 Å². The van der Waals surface area contributed by atoms with E-state index in [2.05, 4.69) is 4.99 Å². The summed E-state index contributed by atoms with van der Waals surface area (Å²) in [6.45, 7) is 0. The van der Waals surface area contributed by atoms with Gasteiger partial charge in [-0.2, -0.15) is 0 Å². The molecule has 0 amide bonds. The molecule has 0 spiro atoms. The van der Waals surface area contributed by atoms with Gasteiger partial charge in [-0.15, -0.1) is 11.3 Å². The molecule has 0 fully saturated rings. The summed E-state index contributed by atoms with van der Waals surface area (Å²) in [6, 6.07) is 15.1. The molecular formula is C20H12Cl2N4S2. The molecule has 138 valence electrons. The molecular weight excluding hydrogens is 431 g/mol. The average molecular weight is 443 g/mol. The molecule has 1 aromatic heterocycles. The molecule has 3 aromatic rings. The van der Waals surface area contributed by atoms with E-state index < -0.39 is 0 Å². The van der Waals surface area contributed by atoms with Gasteiger partial charge in [0.25, 0.3) is 0 Å². The largest absolute Gasteiger partial charge is 0.277 e. The van der Waals surface area contributed by atoms with Gasteiger partial charge in [-0.25, -0.2) is 9.98 Å². The van der Waals surface area contributed by atoms with E-state index in [4.69, 9.17) is 40.4 Å². The van der Waals surface area contributed by atoms with Gasteiger partial charge in [-0.05, 0) is 48.6 Å². The number of benzene rings is 2. The molecule has 28 heavy (non-hydrogen) atoms. The Bertz CT molecular complexity index is 1220. The first-order valence-corrected chi connectivity index (χ1v) is 10.5. The fourth-order valence-corrected chi connectivity index (χ4v) is 5.18. The van der Waals surface area contributed by atoms with Gasteiger partial charge in [-0.1, -0.05) is 41.4 Å². The quantitative estimate of drug-likeness (QED) is 0.427. The number of nitrogens with zero attached hydrogens (tertiary/aromatic N) is 4. The van der Waals surface area contributed by atoms with Gasteiger partial charge in [0.2, 0.25) is 5.96 Å². The molecule has 0 N–H and O–H groups in total. The monoisotopic (exact) mass is 442 g/mol. The minimum atomic E-state index is -0.265. The molecule has 2 aliphatic heterocycles. The number of thiazole rings is 1. The molecule has 0 saturated carbocycles. The SMILES string of the molecule is S=c1sc2c(n1-c1ccc(Cl)cc1)N1C=CC=NC1=NC2c1ccccc1Cl. The summed E-state index contributed by atoms with van der Waals surface area (Å²) in [5.74, 6) is 1.54. The minimum absolute atomic E-state index is 0.265. The fraction of sp³-hybridized carbons (Fsp3) is 0.0500. The van der Waals surface area contributed by atoms with Crippen LogP contribution in [0, 0.1) is 3.95 Å². The maximum Gasteiger partial charge on any atom is 0.231 e. The van der Waals surface area contributed by atoms with Crippen LogP contribution in [-0.4, -0.2) is 16.7 Å². The molecule has 3 heterocycles. The molecule has 8 heteroatoms. The van der Waals surface area contributed by atoms with Gasteiger partial charge in [0.05, 0.1) is 4.88 Å². The first kappa shape index (κ1) is 17.8. The molecule has 0 saturated heterocycles. The summed E-state index contributed by atoms with van der Waals surface area (Å²) >= 11 is 19.9. The zero-order chi connectivity index (χ0) is 19.3. The van der Waals surface area contributed by atoms with Gasteiger partial charge in [0.15, 0.2) is 3.95 Å². The third kappa shape index (κ3) is 2.84. The van der Waals surface area contributed by atoms with E-state index in [0.29, 0.717) is 16.0 Å². The fourth-order valence-electron chi connectivity index (χ4n) is 3.31. The number of hydrogen-bond acceptors (Lipinski definition) is 5. The van der Waals surface area contributed by atoms with Crippen LogP contribution < -0.4 is 4.90 Å². The Kier molecular flexibility index (Phi) is 4.44. The Balaban J connectivity index is 1.78. The van der Waals surface area contributed by atoms with E-state index in [1.165, 1.54) is 11.3 Å². The lowest BCUT2D eigenvalue weighted by atomic mass is 10.0. The highest BCUT2D eigenvalue weighted by Gasteiger charge is 2.34. The van der Waals surface area contributed by atoms with Gasteiger partial charge >= 0.3 is 0 Å². The standard InChI is InChI=1S/C20H12Cl2N4S2/c21-12-6-8-13(9-7-12)26-18-17(28-20(26)27)16(14-4-1-2-5-15(14)22)24-19-23-10-3-11-25(18)19/h1-11,16H. The van der Waals surface area contributed by atoms with Crippen LogP contribution in [0.25, 0.3) is 5.69 Å². The number of allylic oxidation sites excluding steroid dienone is 1. The Hall–Kier alpha value is -2.25. The van der Waals surface area contributed by atoms with Crippen molar-refractivity contribution in [3.8, 4) is 5.69 Å². The van der Waals surface area contributed by atoms with Crippen LogP contribution in [0.4, 0.5) is 5.82 Å². The number of aromatic nitrogens is 1. The van der Waals surface area contributed by atoms with E-state index in [9.17, 15) is 0 Å². The first-order valence-electron chi connectivity index (χ1n) is 8.47. The van der Waals surface area contributed by atoms with E-state index >= 15 is 0 Å². The summed E-state index contributed by atoms with van der Waals surface area (Å²) < 4.78 is 2.76. The van der Waals surface area contributed by atoms with Crippen LogP contribution in [0.3, 0.4) is 0 Å². The lowest BCUT2D eigenvalue weighted by Crippen LogP contribution is -2.32. The van der Waals surface area contributed by atoms with Crippen molar-refractivity contribution in [3.63, 3.8) is 0 Å². The molecule has 4 nitrogen and oxygen atoms in total. The average Bonchev–Trinajstić information content (AvgIpc) is 3.06. The molecule has 2 aromatic carbocycles. The molecule has 0 bridgehead atoms. The van der Waals surface area contributed by atoms with Crippen molar-refractivity contribution in [1.82, 2.24) is 4.57 Å². The minimum Gasteiger partial charge on any atom is -0.277 e. The van der Waals surface area contributed by atoms with Crippen LogP contribution >= 0.6 is 46.8 Å². The lowest BCUT2D eigenvalue weighted by molar-refractivity contribution is 0.844. The number of halogens is 2. The molecule has 2 aliphatic rings. The number of rotatable bonds is 2. The summed E-state index contributed by atoms with van der Waals surface area (Å²) in [5.41, 5.74) is 1.87. The van der Waals surface area contributed by atoms with Crippen molar-refractivity contribution in [2.24, 2.45) is 9.98 Å². The Labute approximate surface area is 180 Å². The Morgan fingerprint density at radius 1 is 1.04 bits per heavy atom. The van der Waals surface area contributed by atoms with Crippen molar-refractivity contribution in [2.75, 3.05) is 4.90 Å². The smallest absolute Gasteiger partial charge is 0.231 e. The third-order valence-electron chi connectivity index (χ3n) is 4.54. The number of anilines is 1. The van der Waals surface area contributed by atoms with Crippen LogP contribution in [0.2, 0.25) is 10.0 Å². The van der Waals surface area contributed by atoms with Crippen molar-refractivity contribution >= 4 is 64.7 Å². The van der Waals surface area contributed by atoms with Crippen molar-refractivity contribution < 1.29 is 0 Å². The normalized spacial score (nSPS) is 17.3. The summed E-state index contributed by atoms with van der Waals surface area (Å²) in [7, 11) is 0. The summed E-state index contributed by atoms with van der Waals surface area (Å²) in [4.78, 5) is 12.3. The van der Waals surface area contributed by atoms with Crippen LogP contribution in [0.15, 0.2) is 70.8 Å². The van der Waals surface area contributed by atoms with Gasteiger partial charge in [-0.3, -0.25) is 9.47 Å². The number of aliphatic imine (C=N–C) groups is 2. The Morgan fingerprint density at radius 2 is 1.82 bits per heavy atom. The van der Waals surface area contributed by atoms with Crippen molar-refractivity contribution in [1.29, 1.82) is 0 Å². The highest BCUT2D eigenvalue weighted by atomic mass is 35.5. The zero-order valence-electron chi connectivity index (χ0n) is 14.3. The van der Waals surface area contributed by atoms with Crippen LogP contribution in [0.5, 0.6) is 0 Å². The second-order valence-electron chi connectivity index (χ2n) is 6.21. The molecule has 1 atom stereocenters. The predicted octanol–water partition coefficient (Wildman–Crippen LogP) is 6.44. The molecule has 0 radical (unpaired) electrons.